The number of esters is 1. The number of carbonyl (C=O) groups excluding carboxylic acids is 1. The van der Waals surface area contributed by atoms with Gasteiger partial charge in [-0.15, -0.1) is 0 Å². The molecule has 0 radical (unpaired) electrons. The van der Waals surface area contributed by atoms with Crippen LogP contribution in [0.25, 0.3) is 0 Å². The van der Waals surface area contributed by atoms with Gasteiger partial charge in [-0.05, 0) is 6.92 Å². The molecule has 1 aliphatic rings. The van der Waals surface area contributed by atoms with Crippen LogP contribution < -0.4 is 5.73 Å². The molecule has 1 fully saturated rings. The Balaban J connectivity index is 2.39. The van der Waals surface area contributed by atoms with Gasteiger partial charge in [-0.25, -0.2) is 13.6 Å². The van der Waals surface area contributed by atoms with E-state index >= 15 is 0 Å². The Hall–Kier alpha value is -1.50. The summed E-state index contributed by atoms with van der Waals surface area (Å²) in [6.07, 6.45) is 0.866. The molecule has 0 amide bonds. The highest BCUT2D eigenvalue weighted by Gasteiger charge is 2.71. The van der Waals surface area contributed by atoms with Crippen LogP contribution in [0.2, 0.25) is 0 Å². The summed E-state index contributed by atoms with van der Waals surface area (Å²) in [5.41, 5.74) is 3.71. The summed E-state index contributed by atoms with van der Waals surface area (Å²) in [4.78, 5) is 11.6. The number of hydrogen-bond donors (Lipinski definition) is 1. The number of hydrogen-bond acceptors (Lipinski definition) is 4. The van der Waals surface area contributed by atoms with E-state index in [0.717, 1.165) is 0 Å². The lowest BCUT2D eigenvalue weighted by Crippen LogP contribution is -2.29. The summed E-state index contributed by atoms with van der Waals surface area (Å²) in [6, 6.07) is 0. The molecule has 5 nitrogen and oxygen atoms in total. The average molecular weight is 245 g/mol. The van der Waals surface area contributed by atoms with Crippen LogP contribution in [0.3, 0.4) is 0 Å². The van der Waals surface area contributed by atoms with Crippen LogP contribution in [0, 0.1) is 0 Å². The van der Waals surface area contributed by atoms with Gasteiger partial charge in [-0.2, -0.15) is 5.10 Å². The highest BCUT2D eigenvalue weighted by molar-refractivity contribution is 5.89. The van der Waals surface area contributed by atoms with Gasteiger partial charge in [0.15, 0.2) is 5.69 Å². The summed E-state index contributed by atoms with van der Waals surface area (Å²) in [7, 11) is 1.54. The van der Waals surface area contributed by atoms with E-state index in [2.05, 4.69) is 5.10 Å². The van der Waals surface area contributed by atoms with E-state index in [0.29, 0.717) is 0 Å². The Bertz CT molecular complexity index is 472. The van der Waals surface area contributed by atoms with Crippen LogP contribution in [-0.2, 0) is 17.3 Å². The zero-order valence-electron chi connectivity index (χ0n) is 9.54. The quantitative estimate of drug-likeness (QED) is 0.799. The number of aryl methyl sites for hydroxylation is 1. The Morgan fingerprint density at radius 2 is 2.29 bits per heavy atom. The van der Waals surface area contributed by atoms with E-state index in [1.54, 1.807) is 6.92 Å². The first-order chi connectivity index (χ1) is 7.82. The standard InChI is InChI=1S/C10H13F2N3O2/c1-3-17-8(16)7-6(4-15(2)14-7)9(13)5-10(9,11)12/h4H,3,5,13H2,1-2H3. The molecule has 0 spiro atoms. The molecule has 0 saturated heterocycles. The molecule has 1 aromatic rings. The molecule has 1 heterocycles. The number of halogens is 2. The molecular weight excluding hydrogens is 232 g/mol. The first-order valence-electron chi connectivity index (χ1n) is 5.20. The van der Waals surface area contributed by atoms with Crippen molar-refractivity contribution in [2.24, 2.45) is 12.8 Å². The van der Waals surface area contributed by atoms with Crippen molar-refractivity contribution in [3.63, 3.8) is 0 Å². The number of rotatable bonds is 3. The third kappa shape index (κ3) is 1.70. The van der Waals surface area contributed by atoms with Gasteiger partial charge in [0.05, 0.1) is 6.61 Å². The highest BCUT2D eigenvalue weighted by atomic mass is 19.3. The lowest BCUT2D eigenvalue weighted by Gasteiger charge is -2.09. The topological polar surface area (TPSA) is 70.1 Å². The lowest BCUT2D eigenvalue weighted by molar-refractivity contribution is 0.0513. The molecule has 1 atom stereocenters. The Morgan fingerprint density at radius 1 is 1.71 bits per heavy atom. The predicted molar refractivity (Wildman–Crippen MR) is 54.6 cm³/mol. The van der Waals surface area contributed by atoms with E-state index in [1.807, 2.05) is 0 Å². The van der Waals surface area contributed by atoms with Crippen molar-refractivity contribution in [2.45, 2.75) is 24.8 Å². The number of carbonyl (C=O) groups is 1. The monoisotopic (exact) mass is 245 g/mol. The van der Waals surface area contributed by atoms with Crippen LogP contribution in [0.15, 0.2) is 6.20 Å². The van der Waals surface area contributed by atoms with Crippen molar-refractivity contribution >= 4 is 5.97 Å². The number of ether oxygens (including phenoxy) is 1. The van der Waals surface area contributed by atoms with E-state index in [-0.39, 0.29) is 17.9 Å². The molecule has 2 rings (SSSR count). The Morgan fingerprint density at radius 3 is 2.76 bits per heavy atom. The molecular formula is C10H13F2N3O2. The predicted octanol–water partition coefficient (Wildman–Crippen LogP) is 0.790. The normalized spacial score (nSPS) is 25.7. The first kappa shape index (κ1) is 12.0. The van der Waals surface area contributed by atoms with Crippen LogP contribution >= 0.6 is 0 Å². The second-order valence-corrected chi connectivity index (χ2v) is 4.14. The third-order valence-corrected chi connectivity index (χ3v) is 2.81. The van der Waals surface area contributed by atoms with Crippen molar-refractivity contribution < 1.29 is 18.3 Å². The average Bonchev–Trinajstić information content (AvgIpc) is 2.59. The molecule has 1 aromatic heterocycles. The maximum Gasteiger partial charge on any atom is 0.359 e. The van der Waals surface area contributed by atoms with E-state index < -0.39 is 23.9 Å². The maximum absolute atomic E-state index is 13.2. The zero-order chi connectivity index (χ0) is 12.8. The number of nitrogens with zero attached hydrogens (tertiary/aromatic N) is 2. The van der Waals surface area contributed by atoms with E-state index in [4.69, 9.17) is 10.5 Å². The molecule has 1 aliphatic carbocycles. The number of nitrogens with two attached hydrogens (primary N) is 1. The van der Waals surface area contributed by atoms with Gasteiger partial charge in [0.1, 0.15) is 5.54 Å². The molecule has 2 N–H and O–H groups in total. The van der Waals surface area contributed by atoms with Gasteiger partial charge < -0.3 is 10.5 Å². The van der Waals surface area contributed by atoms with Gasteiger partial charge in [0, 0.05) is 25.2 Å². The highest BCUT2D eigenvalue weighted by Crippen LogP contribution is 2.58. The van der Waals surface area contributed by atoms with Gasteiger partial charge >= 0.3 is 5.97 Å². The molecule has 7 heteroatoms. The summed E-state index contributed by atoms with van der Waals surface area (Å²) < 4.78 is 32.4. The SMILES string of the molecule is CCOC(=O)c1nn(C)cc1C1(N)CC1(F)F. The fourth-order valence-electron chi connectivity index (χ4n) is 1.76. The molecule has 1 saturated carbocycles. The summed E-state index contributed by atoms with van der Waals surface area (Å²) in [5.74, 6) is -3.72. The molecule has 1 unspecified atom stereocenters. The minimum atomic E-state index is -2.99. The van der Waals surface area contributed by atoms with Crippen molar-refractivity contribution in [3.8, 4) is 0 Å². The van der Waals surface area contributed by atoms with Crippen LogP contribution in [0.4, 0.5) is 8.78 Å². The summed E-state index contributed by atoms with van der Waals surface area (Å²) in [5, 5.41) is 3.83. The fraction of sp³-hybridized carbons (Fsp3) is 0.600. The second-order valence-electron chi connectivity index (χ2n) is 4.14. The molecule has 94 valence electrons. The lowest BCUT2D eigenvalue weighted by atomic mass is 10.1. The summed E-state index contributed by atoms with van der Waals surface area (Å²) in [6.45, 7) is 1.78. The van der Waals surface area contributed by atoms with Crippen LogP contribution in [0.5, 0.6) is 0 Å². The minimum Gasteiger partial charge on any atom is -0.461 e. The van der Waals surface area contributed by atoms with Crippen molar-refractivity contribution in [3.05, 3.63) is 17.5 Å². The second kappa shape index (κ2) is 3.49. The number of alkyl halides is 2. The fourth-order valence-corrected chi connectivity index (χ4v) is 1.76. The molecule has 0 bridgehead atoms. The molecule has 0 aromatic carbocycles. The maximum atomic E-state index is 13.2. The Kier molecular flexibility index (Phi) is 2.46. The first-order valence-corrected chi connectivity index (χ1v) is 5.20. The Labute approximate surface area is 96.5 Å². The van der Waals surface area contributed by atoms with E-state index in [9.17, 15) is 13.6 Å². The molecule has 17 heavy (non-hydrogen) atoms. The number of aromatic nitrogens is 2. The van der Waals surface area contributed by atoms with Gasteiger partial charge in [-0.1, -0.05) is 0 Å². The van der Waals surface area contributed by atoms with Crippen LogP contribution in [-0.4, -0.2) is 28.3 Å². The van der Waals surface area contributed by atoms with Gasteiger partial charge in [0.2, 0.25) is 0 Å². The van der Waals surface area contributed by atoms with Crippen molar-refractivity contribution in [2.75, 3.05) is 6.61 Å². The van der Waals surface area contributed by atoms with Gasteiger partial charge in [-0.3, -0.25) is 4.68 Å². The van der Waals surface area contributed by atoms with Crippen LogP contribution in [0.1, 0.15) is 29.4 Å². The zero-order valence-corrected chi connectivity index (χ0v) is 9.54. The molecule has 0 aliphatic heterocycles. The van der Waals surface area contributed by atoms with E-state index in [1.165, 1.54) is 17.9 Å². The minimum absolute atomic E-state index is 0.0449. The summed E-state index contributed by atoms with van der Waals surface area (Å²) >= 11 is 0. The van der Waals surface area contributed by atoms with Crippen molar-refractivity contribution in [1.29, 1.82) is 0 Å². The third-order valence-electron chi connectivity index (χ3n) is 2.81. The van der Waals surface area contributed by atoms with Gasteiger partial charge in [0.25, 0.3) is 5.92 Å². The smallest absolute Gasteiger partial charge is 0.359 e. The largest absolute Gasteiger partial charge is 0.461 e. The van der Waals surface area contributed by atoms with Crippen molar-refractivity contribution in [1.82, 2.24) is 9.78 Å².